The van der Waals surface area contributed by atoms with E-state index in [4.69, 9.17) is 14.2 Å². The first kappa shape index (κ1) is 12.0. The fourth-order valence-electron chi connectivity index (χ4n) is 2.00. The molecule has 17 heavy (non-hydrogen) atoms. The molecule has 1 saturated heterocycles. The lowest BCUT2D eigenvalue weighted by Gasteiger charge is -2.18. The summed E-state index contributed by atoms with van der Waals surface area (Å²) >= 11 is 0. The summed E-state index contributed by atoms with van der Waals surface area (Å²) in [6.45, 7) is 4.52. The molecule has 0 amide bonds. The zero-order chi connectivity index (χ0) is 12.4. The van der Waals surface area contributed by atoms with Gasteiger partial charge < -0.3 is 14.2 Å². The molecule has 4 nitrogen and oxygen atoms in total. The predicted octanol–water partition coefficient (Wildman–Crippen LogP) is 2.09. The quantitative estimate of drug-likeness (QED) is 0.734. The lowest BCUT2D eigenvalue weighted by atomic mass is 10.1. The standard InChI is InChI=1S/C13H19NO3/c1-9(14-5-6-14)10-7-11(15-2)13(17-4)12(8-10)16-3/h7-9H,5-6H2,1-4H3. The molecule has 1 aromatic carbocycles. The highest BCUT2D eigenvalue weighted by atomic mass is 16.5. The van der Waals surface area contributed by atoms with Crippen LogP contribution < -0.4 is 14.2 Å². The average Bonchev–Trinajstić information content (AvgIpc) is 3.20. The maximum absolute atomic E-state index is 5.35. The average molecular weight is 237 g/mol. The third-order valence-corrected chi connectivity index (χ3v) is 3.20. The molecule has 0 radical (unpaired) electrons. The zero-order valence-electron chi connectivity index (χ0n) is 10.8. The highest BCUT2D eigenvalue weighted by Gasteiger charge is 2.26. The molecular weight excluding hydrogens is 218 g/mol. The van der Waals surface area contributed by atoms with Gasteiger partial charge in [0.2, 0.25) is 5.75 Å². The Balaban J connectivity index is 2.40. The van der Waals surface area contributed by atoms with E-state index in [1.54, 1.807) is 21.3 Å². The van der Waals surface area contributed by atoms with E-state index in [-0.39, 0.29) is 0 Å². The summed E-state index contributed by atoms with van der Waals surface area (Å²) in [5.74, 6) is 2.09. The van der Waals surface area contributed by atoms with Crippen molar-refractivity contribution >= 4 is 0 Å². The second-order valence-electron chi connectivity index (χ2n) is 4.17. The van der Waals surface area contributed by atoms with E-state index in [0.29, 0.717) is 11.8 Å². The molecule has 0 bridgehead atoms. The number of rotatable bonds is 5. The second kappa shape index (κ2) is 4.84. The van der Waals surface area contributed by atoms with E-state index in [1.807, 2.05) is 12.1 Å². The van der Waals surface area contributed by atoms with Crippen LogP contribution in [0, 0.1) is 0 Å². The van der Waals surface area contributed by atoms with Gasteiger partial charge in [0.05, 0.1) is 21.3 Å². The topological polar surface area (TPSA) is 30.7 Å². The van der Waals surface area contributed by atoms with E-state index >= 15 is 0 Å². The van der Waals surface area contributed by atoms with Crippen LogP contribution in [0.2, 0.25) is 0 Å². The minimum Gasteiger partial charge on any atom is -0.493 e. The molecule has 1 fully saturated rings. The first-order chi connectivity index (χ1) is 8.21. The van der Waals surface area contributed by atoms with Gasteiger partial charge in [-0.2, -0.15) is 0 Å². The van der Waals surface area contributed by atoms with Crippen LogP contribution in [0.25, 0.3) is 0 Å². The lowest BCUT2D eigenvalue weighted by molar-refractivity contribution is 0.322. The van der Waals surface area contributed by atoms with Gasteiger partial charge in [0.15, 0.2) is 11.5 Å². The molecule has 0 aromatic heterocycles. The highest BCUT2D eigenvalue weighted by molar-refractivity contribution is 5.54. The van der Waals surface area contributed by atoms with Crippen LogP contribution in [0.1, 0.15) is 18.5 Å². The van der Waals surface area contributed by atoms with Crippen LogP contribution in [-0.4, -0.2) is 39.3 Å². The minimum absolute atomic E-state index is 0.392. The molecule has 1 unspecified atom stereocenters. The van der Waals surface area contributed by atoms with Gasteiger partial charge >= 0.3 is 0 Å². The maximum Gasteiger partial charge on any atom is 0.203 e. The Kier molecular flexibility index (Phi) is 3.43. The van der Waals surface area contributed by atoms with Gasteiger partial charge in [0.25, 0.3) is 0 Å². The number of nitrogens with zero attached hydrogens (tertiary/aromatic N) is 1. The molecule has 0 N–H and O–H groups in total. The van der Waals surface area contributed by atoms with E-state index in [2.05, 4.69) is 11.8 Å². The summed E-state index contributed by atoms with van der Waals surface area (Å²) in [7, 11) is 4.90. The Labute approximate surface area is 102 Å². The minimum atomic E-state index is 0.392. The van der Waals surface area contributed by atoms with Crippen LogP contribution in [0.15, 0.2) is 12.1 Å². The third kappa shape index (κ3) is 2.31. The Morgan fingerprint density at radius 2 is 1.53 bits per heavy atom. The molecule has 1 aliphatic rings. The first-order valence-corrected chi connectivity index (χ1v) is 5.75. The smallest absolute Gasteiger partial charge is 0.203 e. The van der Waals surface area contributed by atoms with E-state index in [9.17, 15) is 0 Å². The van der Waals surface area contributed by atoms with Crippen LogP contribution in [0.5, 0.6) is 17.2 Å². The van der Waals surface area contributed by atoms with Crippen LogP contribution in [-0.2, 0) is 0 Å². The number of hydrogen-bond donors (Lipinski definition) is 0. The summed E-state index contributed by atoms with van der Waals surface area (Å²) < 4.78 is 16.0. The molecule has 1 aliphatic heterocycles. The van der Waals surface area contributed by atoms with Crippen molar-refractivity contribution < 1.29 is 14.2 Å². The summed E-state index contributed by atoms with van der Waals surface area (Å²) in [5, 5.41) is 0. The Morgan fingerprint density at radius 3 is 1.88 bits per heavy atom. The van der Waals surface area contributed by atoms with E-state index in [1.165, 1.54) is 5.56 Å². The monoisotopic (exact) mass is 237 g/mol. The predicted molar refractivity (Wildman–Crippen MR) is 66.1 cm³/mol. The Morgan fingerprint density at radius 1 is 1.00 bits per heavy atom. The lowest BCUT2D eigenvalue weighted by Crippen LogP contribution is -2.06. The Bertz CT molecular complexity index is 377. The molecule has 4 heteroatoms. The zero-order valence-corrected chi connectivity index (χ0v) is 10.8. The first-order valence-electron chi connectivity index (χ1n) is 5.75. The van der Waals surface area contributed by atoms with Crippen LogP contribution in [0.4, 0.5) is 0 Å². The summed E-state index contributed by atoms with van der Waals surface area (Å²) in [6.07, 6.45) is 0. The van der Waals surface area contributed by atoms with Gasteiger partial charge in [-0.15, -0.1) is 0 Å². The molecule has 0 spiro atoms. The van der Waals surface area contributed by atoms with Crippen molar-refractivity contribution in [1.82, 2.24) is 4.90 Å². The number of ether oxygens (including phenoxy) is 3. The molecule has 1 aromatic rings. The molecule has 0 aliphatic carbocycles. The summed E-state index contributed by atoms with van der Waals surface area (Å²) in [5.41, 5.74) is 1.19. The number of benzene rings is 1. The molecule has 0 saturated carbocycles. The van der Waals surface area contributed by atoms with Crippen molar-refractivity contribution in [2.24, 2.45) is 0 Å². The fourth-order valence-corrected chi connectivity index (χ4v) is 2.00. The van der Waals surface area contributed by atoms with E-state index < -0.39 is 0 Å². The van der Waals surface area contributed by atoms with Crippen molar-refractivity contribution in [3.63, 3.8) is 0 Å². The largest absolute Gasteiger partial charge is 0.493 e. The van der Waals surface area contributed by atoms with E-state index in [0.717, 1.165) is 24.6 Å². The maximum atomic E-state index is 5.35. The van der Waals surface area contributed by atoms with Gasteiger partial charge in [0, 0.05) is 19.1 Å². The second-order valence-corrected chi connectivity index (χ2v) is 4.17. The van der Waals surface area contributed by atoms with Crippen LogP contribution >= 0.6 is 0 Å². The van der Waals surface area contributed by atoms with Gasteiger partial charge in [-0.1, -0.05) is 0 Å². The molecule has 1 atom stereocenters. The van der Waals surface area contributed by atoms with Gasteiger partial charge in [-0.3, -0.25) is 4.90 Å². The Hall–Kier alpha value is -1.42. The van der Waals surface area contributed by atoms with Crippen molar-refractivity contribution in [2.45, 2.75) is 13.0 Å². The fraction of sp³-hybridized carbons (Fsp3) is 0.538. The molecule has 94 valence electrons. The van der Waals surface area contributed by atoms with Crippen LogP contribution in [0.3, 0.4) is 0 Å². The SMILES string of the molecule is COc1cc(C(C)N2CC2)cc(OC)c1OC. The number of hydrogen-bond acceptors (Lipinski definition) is 4. The van der Waals surface area contributed by atoms with Gasteiger partial charge in [-0.05, 0) is 24.6 Å². The van der Waals surface area contributed by atoms with Crippen molar-refractivity contribution in [1.29, 1.82) is 0 Å². The molecule has 2 rings (SSSR count). The van der Waals surface area contributed by atoms with Crippen molar-refractivity contribution in [3.8, 4) is 17.2 Å². The molecular formula is C13H19NO3. The summed E-state index contributed by atoms with van der Waals surface area (Å²) in [6, 6.07) is 4.43. The van der Waals surface area contributed by atoms with Crippen molar-refractivity contribution in [2.75, 3.05) is 34.4 Å². The molecule has 1 heterocycles. The van der Waals surface area contributed by atoms with Gasteiger partial charge in [-0.25, -0.2) is 0 Å². The highest BCUT2D eigenvalue weighted by Crippen LogP contribution is 2.41. The normalized spacial score (nSPS) is 16.5. The number of methoxy groups -OCH3 is 3. The van der Waals surface area contributed by atoms with Gasteiger partial charge in [0.1, 0.15) is 0 Å². The summed E-state index contributed by atoms with van der Waals surface area (Å²) in [4.78, 5) is 2.38. The third-order valence-electron chi connectivity index (χ3n) is 3.20. The van der Waals surface area contributed by atoms with Crippen molar-refractivity contribution in [3.05, 3.63) is 17.7 Å².